The average molecular weight is 254 g/mol. The minimum Gasteiger partial charge on any atom is -0.483 e. The van der Waals surface area contributed by atoms with Gasteiger partial charge in [-0.25, -0.2) is 0 Å². The van der Waals surface area contributed by atoms with Gasteiger partial charge in [0, 0.05) is 0 Å². The first-order valence-electron chi connectivity index (χ1n) is 6.58. The SMILES string of the molecule is CCCc1cccc2c1Cc1ccccc1-2.O=CO. The summed E-state index contributed by atoms with van der Waals surface area (Å²) in [6.07, 6.45) is 3.56. The van der Waals surface area contributed by atoms with Crippen molar-refractivity contribution in [3.05, 3.63) is 59.2 Å². The van der Waals surface area contributed by atoms with Crippen LogP contribution in [0.15, 0.2) is 42.5 Å². The monoisotopic (exact) mass is 254 g/mol. The Hall–Kier alpha value is -2.09. The third-order valence-electron chi connectivity index (χ3n) is 3.47. The molecular formula is C17H18O2. The van der Waals surface area contributed by atoms with Crippen LogP contribution >= 0.6 is 0 Å². The second kappa shape index (κ2) is 6.19. The quantitative estimate of drug-likeness (QED) is 0.704. The van der Waals surface area contributed by atoms with E-state index in [1.54, 1.807) is 5.56 Å². The molecule has 0 heterocycles. The normalized spacial score (nSPS) is 11.0. The second-order valence-electron chi connectivity index (χ2n) is 4.63. The molecular weight excluding hydrogens is 236 g/mol. The van der Waals surface area contributed by atoms with Gasteiger partial charge in [0.2, 0.25) is 0 Å². The van der Waals surface area contributed by atoms with Crippen LogP contribution in [0.25, 0.3) is 11.1 Å². The molecule has 1 aliphatic carbocycles. The van der Waals surface area contributed by atoms with E-state index in [1.807, 2.05) is 0 Å². The molecule has 3 rings (SSSR count). The molecule has 0 radical (unpaired) electrons. The fourth-order valence-electron chi connectivity index (χ4n) is 2.73. The maximum absolute atomic E-state index is 8.36. The van der Waals surface area contributed by atoms with Gasteiger partial charge < -0.3 is 5.11 Å². The van der Waals surface area contributed by atoms with Crippen LogP contribution in [-0.4, -0.2) is 11.6 Å². The van der Waals surface area contributed by atoms with Gasteiger partial charge in [-0.15, -0.1) is 0 Å². The smallest absolute Gasteiger partial charge is 0.290 e. The molecule has 0 aromatic heterocycles. The molecule has 2 aromatic rings. The Labute approximate surface area is 113 Å². The Morgan fingerprint density at radius 1 is 1.11 bits per heavy atom. The Morgan fingerprint density at radius 2 is 1.79 bits per heavy atom. The van der Waals surface area contributed by atoms with Gasteiger partial charge in [0.25, 0.3) is 6.47 Å². The molecule has 0 aliphatic heterocycles. The molecule has 19 heavy (non-hydrogen) atoms. The molecule has 0 bridgehead atoms. The summed E-state index contributed by atoms with van der Waals surface area (Å²) in [5, 5.41) is 6.89. The summed E-state index contributed by atoms with van der Waals surface area (Å²) in [5.41, 5.74) is 7.49. The molecule has 1 aliphatic rings. The van der Waals surface area contributed by atoms with E-state index in [9.17, 15) is 0 Å². The van der Waals surface area contributed by atoms with Crippen LogP contribution in [-0.2, 0) is 17.6 Å². The highest BCUT2D eigenvalue weighted by atomic mass is 16.3. The van der Waals surface area contributed by atoms with Gasteiger partial charge in [0.15, 0.2) is 0 Å². The summed E-state index contributed by atoms with van der Waals surface area (Å²) in [4.78, 5) is 8.36. The highest BCUT2D eigenvalue weighted by molar-refractivity contribution is 5.77. The van der Waals surface area contributed by atoms with Gasteiger partial charge in [0.1, 0.15) is 0 Å². The zero-order valence-electron chi connectivity index (χ0n) is 11.1. The summed E-state index contributed by atoms with van der Waals surface area (Å²) in [6, 6.07) is 15.5. The summed E-state index contributed by atoms with van der Waals surface area (Å²) in [6.45, 7) is 2.00. The third-order valence-corrected chi connectivity index (χ3v) is 3.47. The van der Waals surface area contributed by atoms with Gasteiger partial charge in [0.05, 0.1) is 0 Å². The zero-order chi connectivity index (χ0) is 13.7. The molecule has 2 heteroatoms. The number of rotatable bonds is 2. The fourth-order valence-corrected chi connectivity index (χ4v) is 2.73. The summed E-state index contributed by atoms with van der Waals surface area (Å²) in [7, 11) is 0. The number of fused-ring (bicyclic) bond motifs is 3. The van der Waals surface area contributed by atoms with Crippen LogP contribution in [0.2, 0.25) is 0 Å². The van der Waals surface area contributed by atoms with Crippen molar-refractivity contribution in [1.82, 2.24) is 0 Å². The number of benzene rings is 2. The minimum atomic E-state index is -0.250. The molecule has 0 atom stereocenters. The van der Waals surface area contributed by atoms with Crippen molar-refractivity contribution in [2.45, 2.75) is 26.2 Å². The highest BCUT2D eigenvalue weighted by Gasteiger charge is 2.19. The number of aryl methyl sites for hydroxylation is 1. The first-order valence-corrected chi connectivity index (χ1v) is 6.58. The first kappa shape index (κ1) is 13.3. The van der Waals surface area contributed by atoms with E-state index in [2.05, 4.69) is 49.4 Å². The molecule has 0 spiro atoms. The molecule has 1 N–H and O–H groups in total. The molecule has 0 saturated carbocycles. The Morgan fingerprint density at radius 3 is 2.53 bits per heavy atom. The molecule has 2 nitrogen and oxygen atoms in total. The van der Waals surface area contributed by atoms with E-state index in [-0.39, 0.29) is 6.47 Å². The minimum absolute atomic E-state index is 0.250. The Kier molecular flexibility index (Phi) is 4.35. The van der Waals surface area contributed by atoms with Crippen LogP contribution < -0.4 is 0 Å². The van der Waals surface area contributed by atoms with Crippen molar-refractivity contribution in [1.29, 1.82) is 0 Å². The molecule has 0 amide bonds. The van der Waals surface area contributed by atoms with E-state index < -0.39 is 0 Å². The number of carbonyl (C=O) groups is 1. The average Bonchev–Trinajstić information content (AvgIpc) is 2.80. The predicted molar refractivity (Wildman–Crippen MR) is 77.4 cm³/mol. The number of carboxylic acid groups (broad SMARTS) is 1. The van der Waals surface area contributed by atoms with Crippen LogP contribution in [0.5, 0.6) is 0 Å². The van der Waals surface area contributed by atoms with Gasteiger partial charge in [-0.1, -0.05) is 55.8 Å². The highest BCUT2D eigenvalue weighted by Crippen LogP contribution is 2.38. The van der Waals surface area contributed by atoms with E-state index in [0.29, 0.717) is 0 Å². The van der Waals surface area contributed by atoms with Gasteiger partial charge in [-0.2, -0.15) is 0 Å². The van der Waals surface area contributed by atoms with E-state index in [1.165, 1.54) is 35.1 Å². The lowest BCUT2D eigenvalue weighted by Gasteiger charge is -2.06. The summed E-state index contributed by atoms with van der Waals surface area (Å²) in [5.74, 6) is 0. The van der Waals surface area contributed by atoms with Crippen LogP contribution in [0.1, 0.15) is 30.0 Å². The third kappa shape index (κ3) is 2.68. The van der Waals surface area contributed by atoms with Crippen molar-refractivity contribution in [3.8, 4) is 11.1 Å². The molecule has 98 valence electrons. The van der Waals surface area contributed by atoms with Gasteiger partial charge >= 0.3 is 0 Å². The van der Waals surface area contributed by atoms with Gasteiger partial charge in [-0.3, -0.25) is 4.79 Å². The first-order chi connectivity index (χ1) is 9.31. The molecule has 2 aromatic carbocycles. The van der Waals surface area contributed by atoms with E-state index in [0.717, 1.165) is 6.42 Å². The molecule has 0 unspecified atom stereocenters. The Bertz CT molecular complexity index is 573. The van der Waals surface area contributed by atoms with Crippen molar-refractivity contribution < 1.29 is 9.90 Å². The van der Waals surface area contributed by atoms with Crippen LogP contribution in [0.4, 0.5) is 0 Å². The summed E-state index contributed by atoms with van der Waals surface area (Å²) >= 11 is 0. The molecule has 0 fully saturated rings. The fraction of sp³-hybridized carbons (Fsp3) is 0.235. The van der Waals surface area contributed by atoms with Crippen molar-refractivity contribution in [3.63, 3.8) is 0 Å². The summed E-state index contributed by atoms with van der Waals surface area (Å²) < 4.78 is 0. The lowest BCUT2D eigenvalue weighted by atomic mass is 9.98. The zero-order valence-corrected chi connectivity index (χ0v) is 11.1. The lowest BCUT2D eigenvalue weighted by molar-refractivity contribution is -0.122. The van der Waals surface area contributed by atoms with E-state index in [4.69, 9.17) is 9.90 Å². The van der Waals surface area contributed by atoms with Crippen LogP contribution in [0, 0.1) is 0 Å². The van der Waals surface area contributed by atoms with Gasteiger partial charge in [-0.05, 0) is 40.7 Å². The van der Waals surface area contributed by atoms with E-state index >= 15 is 0 Å². The van der Waals surface area contributed by atoms with Crippen molar-refractivity contribution >= 4 is 6.47 Å². The standard InChI is InChI=1S/C16H16.CH2O2/c1-2-6-12-8-5-10-15-14-9-4-3-7-13(14)11-16(12)15;2-1-3/h3-5,7-10H,2,6,11H2,1H3;1H,(H,2,3). The lowest BCUT2D eigenvalue weighted by Crippen LogP contribution is -1.91. The maximum Gasteiger partial charge on any atom is 0.290 e. The maximum atomic E-state index is 8.36. The topological polar surface area (TPSA) is 37.3 Å². The van der Waals surface area contributed by atoms with Crippen LogP contribution in [0.3, 0.4) is 0 Å². The Balaban J connectivity index is 0.000000408. The molecule has 0 saturated heterocycles. The largest absolute Gasteiger partial charge is 0.483 e. The van der Waals surface area contributed by atoms with Crippen molar-refractivity contribution in [2.24, 2.45) is 0 Å². The van der Waals surface area contributed by atoms with Crippen molar-refractivity contribution in [2.75, 3.05) is 0 Å². The second-order valence-corrected chi connectivity index (χ2v) is 4.63. The number of hydrogen-bond donors (Lipinski definition) is 1. The predicted octanol–water partition coefficient (Wildman–Crippen LogP) is 3.91. The number of hydrogen-bond acceptors (Lipinski definition) is 1.